The number of rotatable bonds is 6. The maximum atomic E-state index is 12.4. The summed E-state index contributed by atoms with van der Waals surface area (Å²) in [5.41, 5.74) is 1.85. The third kappa shape index (κ3) is 4.29. The number of aliphatic hydroxyl groups excluding tert-OH is 1. The molecule has 1 fully saturated rings. The SMILES string of the molecule is CC[C@H](NC(=O)c1cccc(CN(C)C)c1)C1CC(O)C1. The smallest absolute Gasteiger partial charge is 0.251 e. The fraction of sp³-hybridized carbons (Fsp3) is 0.588. The van der Waals surface area contributed by atoms with Crippen molar-refractivity contribution in [1.82, 2.24) is 10.2 Å². The van der Waals surface area contributed by atoms with Crippen LogP contribution in [0.3, 0.4) is 0 Å². The normalized spacial score (nSPS) is 22.7. The summed E-state index contributed by atoms with van der Waals surface area (Å²) in [6, 6.07) is 7.95. The first kappa shape index (κ1) is 16.0. The van der Waals surface area contributed by atoms with Gasteiger partial charge in [0.2, 0.25) is 0 Å². The van der Waals surface area contributed by atoms with E-state index in [0.717, 1.165) is 31.4 Å². The van der Waals surface area contributed by atoms with Crippen molar-refractivity contribution in [2.45, 2.75) is 44.9 Å². The van der Waals surface area contributed by atoms with Crippen LogP contribution < -0.4 is 5.32 Å². The zero-order valence-electron chi connectivity index (χ0n) is 13.2. The molecule has 0 bridgehead atoms. The third-order valence-corrected chi connectivity index (χ3v) is 4.16. The van der Waals surface area contributed by atoms with E-state index < -0.39 is 0 Å². The summed E-state index contributed by atoms with van der Waals surface area (Å²) < 4.78 is 0. The lowest BCUT2D eigenvalue weighted by atomic mass is 9.76. The minimum atomic E-state index is -0.177. The fourth-order valence-corrected chi connectivity index (χ4v) is 2.94. The highest BCUT2D eigenvalue weighted by Crippen LogP contribution is 2.31. The van der Waals surface area contributed by atoms with Gasteiger partial charge in [-0.3, -0.25) is 4.79 Å². The van der Waals surface area contributed by atoms with Crippen molar-refractivity contribution in [3.8, 4) is 0 Å². The van der Waals surface area contributed by atoms with Gasteiger partial charge in [-0.05, 0) is 57.0 Å². The molecule has 0 radical (unpaired) electrons. The minimum absolute atomic E-state index is 0.0103. The molecule has 4 nitrogen and oxygen atoms in total. The summed E-state index contributed by atoms with van der Waals surface area (Å²) in [7, 11) is 4.03. The Balaban J connectivity index is 1.98. The van der Waals surface area contributed by atoms with Crippen LogP contribution >= 0.6 is 0 Å². The molecule has 1 amide bonds. The van der Waals surface area contributed by atoms with Gasteiger partial charge in [-0.25, -0.2) is 0 Å². The molecule has 2 N–H and O–H groups in total. The third-order valence-electron chi connectivity index (χ3n) is 4.16. The number of carbonyl (C=O) groups is 1. The van der Waals surface area contributed by atoms with Gasteiger partial charge < -0.3 is 15.3 Å². The molecular weight excluding hydrogens is 264 g/mol. The van der Waals surface area contributed by atoms with Crippen molar-refractivity contribution in [2.75, 3.05) is 14.1 Å². The Kier molecular flexibility index (Phi) is 5.37. The maximum Gasteiger partial charge on any atom is 0.251 e. The Morgan fingerprint density at radius 2 is 2.14 bits per heavy atom. The Morgan fingerprint density at radius 3 is 2.71 bits per heavy atom. The van der Waals surface area contributed by atoms with E-state index in [1.807, 2.05) is 38.4 Å². The highest BCUT2D eigenvalue weighted by Gasteiger charge is 2.33. The number of hydrogen-bond acceptors (Lipinski definition) is 3. The summed E-state index contributed by atoms with van der Waals surface area (Å²) in [5, 5.41) is 12.5. The zero-order valence-corrected chi connectivity index (χ0v) is 13.2. The average Bonchev–Trinajstić information content (AvgIpc) is 2.41. The number of benzene rings is 1. The molecule has 0 unspecified atom stereocenters. The van der Waals surface area contributed by atoms with Crippen LogP contribution in [0.1, 0.15) is 42.1 Å². The first-order valence-electron chi connectivity index (χ1n) is 7.72. The zero-order chi connectivity index (χ0) is 15.4. The monoisotopic (exact) mass is 290 g/mol. The van der Waals surface area contributed by atoms with E-state index in [2.05, 4.69) is 17.1 Å². The van der Waals surface area contributed by atoms with Gasteiger partial charge in [0, 0.05) is 18.2 Å². The van der Waals surface area contributed by atoms with Gasteiger partial charge in [-0.1, -0.05) is 19.1 Å². The molecule has 1 aliphatic carbocycles. The van der Waals surface area contributed by atoms with E-state index >= 15 is 0 Å². The second-order valence-corrected chi connectivity index (χ2v) is 6.31. The second kappa shape index (κ2) is 7.05. The number of hydrogen-bond donors (Lipinski definition) is 2. The molecule has 1 aliphatic rings. The van der Waals surface area contributed by atoms with Crippen LogP contribution in [0.2, 0.25) is 0 Å². The van der Waals surface area contributed by atoms with E-state index in [-0.39, 0.29) is 18.1 Å². The number of nitrogens with one attached hydrogen (secondary N) is 1. The standard InChI is InChI=1S/C17H26N2O2/c1-4-16(14-9-15(20)10-14)18-17(21)13-7-5-6-12(8-13)11-19(2)3/h5-8,14-16,20H,4,9-11H2,1-3H3,(H,18,21)/t14?,15?,16-/m0/s1. The van der Waals surface area contributed by atoms with Crippen molar-refractivity contribution >= 4 is 5.91 Å². The summed E-state index contributed by atoms with van der Waals surface area (Å²) in [6.45, 7) is 2.91. The second-order valence-electron chi connectivity index (χ2n) is 6.31. The summed E-state index contributed by atoms with van der Waals surface area (Å²) in [5.74, 6) is 0.405. The van der Waals surface area contributed by atoms with Crippen molar-refractivity contribution in [2.24, 2.45) is 5.92 Å². The minimum Gasteiger partial charge on any atom is -0.393 e. The van der Waals surface area contributed by atoms with Gasteiger partial charge in [0.1, 0.15) is 0 Å². The predicted octanol–water partition coefficient (Wildman–Crippen LogP) is 2.03. The van der Waals surface area contributed by atoms with Crippen LogP contribution in [0.4, 0.5) is 0 Å². The van der Waals surface area contributed by atoms with Gasteiger partial charge >= 0.3 is 0 Å². The lowest BCUT2D eigenvalue weighted by Gasteiger charge is -2.37. The van der Waals surface area contributed by atoms with Crippen molar-refractivity contribution in [3.63, 3.8) is 0 Å². The molecule has 0 heterocycles. The topological polar surface area (TPSA) is 52.6 Å². The number of nitrogens with zero attached hydrogens (tertiary/aromatic N) is 1. The van der Waals surface area contributed by atoms with Crippen molar-refractivity contribution in [3.05, 3.63) is 35.4 Å². The van der Waals surface area contributed by atoms with Gasteiger partial charge in [0.05, 0.1) is 6.10 Å². The average molecular weight is 290 g/mol. The fourth-order valence-electron chi connectivity index (χ4n) is 2.94. The molecule has 2 rings (SSSR count). The van der Waals surface area contributed by atoms with Crippen LogP contribution in [0.5, 0.6) is 0 Å². The Morgan fingerprint density at radius 1 is 1.43 bits per heavy atom. The summed E-state index contributed by atoms with van der Waals surface area (Å²) >= 11 is 0. The Bertz CT molecular complexity index is 481. The van der Waals surface area contributed by atoms with Crippen LogP contribution in [0.15, 0.2) is 24.3 Å². The van der Waals surface area contributed by atoms with E-state index in [4.69, 9.17) is 0 Å². The van der Waals surface area contributed by atoms with Crippen molar-refractivity contribution < 1.29 is 9.90 Å². The molecule has 1 atom stereocenters. The first-order valence-corrected chi connectivity index (χ1v) is 7.72. The predicted molar refractivity (Wildman–Crippen MR) is 84.1 cm³/mol. The van der Waals surface area contributed by atoms with Gasteiger partial charge in [-0.2, -0.15) is 0 Å². The molecule has 0 saturated heterocycles. The molecule has 4 heteroatoms. The molecule has 1 saturated carbocycles. The highest BCUT2D eigenvalue weighted by molar-refractivity contribution is 5.94. The Hall–Kier alpha value is -1.39. The highest BCUT2D eigenvalue weighted by atomic mass is 16.3. The molecular formula is C17H26N2O2. The lowest BCUT2D eigenvalue weighted by molar-refractivity contribution is 0.0232. The lowest BCUT2D eigenvalue weighted by Crippen LogP contribution is -2.46. The van der Waals surface area contributed by atoms with Gasteiger partial charge in [0.15, 0.2) is 0 Å². The molecule has 21 heavy (non-hydrogen) atoms. The summed E-state index contributed by atoms with van der Waals surface area (Å²) in [6.07, 6.45) is 2.34. The van der Waals surface area contributed by atoms with Crippen molar-refractivity contribution in [1.29, 1.82) is 0 Å². The molecule has 1 aromatic rings. The van der Waals surface area contributed by atoms with Crippen LogP contribution in [-0.4, -0.2) is 42.2 Å². The van der Waals surface area contributed by atoms with Crippen LogP contribution in [-0.2, 0) is 6.54 Å². The molecule has 0 spiro atoms. The quantitative estimate of drug-likeness (QED) is 0.843. The first-order chi connectivity index (χ1) is 9.99. The molecule has 0 aromatic heterocycles. The van der Waals surface area contributed by atoms with Crippen LogP contribution in [0.25, 0.3) is 0 Å². The molecule has 1 aromatic carbocycles. The number of aliphatic hydroxyl groups is 1. The summed E-state index contributed by atoms with van der Waals surface area (Å²) in [4.78, 5) is 14.5. The van der Waals surface area contributed by atoms with Gasteiger partial charge in [0.25, 0.3) is 5.91 Å². The maximum absolute atomic E-state index is 12.4. The van der Waals surface area contributed by atoms with Gasteiger partial charge in [-0.15, -0.1) is 0 Å². The number of amides is 1. The van der Waals surface area contributed by atoms with E-state index in [0.29, 0.717) is 11.5 Å². The Labute approximate surface area is 127 Å². The van der Waals surface area contributed by atoms with E-state index in [1.54, 1.807) is 0 Å². The molecule has 0 aliphatic heterocycles. The molecule has 116 valence electrons. The van der Waals surface area contributed by atoms with Crippen LogP contribution in [0, 0.1) is 5.92 Å². The van der Waals surface area contributed by atoms with E-state index in [1.165, 1.54) is 0 Å². The largest absolute Gasteiger partial charge is 0.393 e. The van der Waals surface area contributed by atoms with E-state index in [9.17, 15) is 9.90 Å². The number of carbonyl (C=O) groups excluding carboxylic acids is 1.